The van der Waals surface area contributed by atoms with E-state index < -0.39 is 5.91 Å². The van der Waals surface area contributed by atoms with Crippen molar-refractivity contribution < 1.29 is 9.32 Å². The molecule has 7 heteroatoms. The lowest BCUT2D eigenvalue weighted by Gasteiger charge is -2.25. The predicted molar refractivity (Wildman–Crippen MR) is 95.6 cm³/mol. The summed E-state index contributed by atoms with van der Waals surface area (Å²) in [5, 5.41) is 8.59. The van der Waals surface area contributed by atoms with E-state index in [1.54, 1.807) is 10.9 Å². The minimum atomic E-state index is -0.435. The first-order valence-corrected chi connectivity index (χ1v) is 8.86. The minimum absolute atomic E-state index is 0.0768. The highest BCUT2D eigenvalue weighted by molar-refractivity contribution is 5.94. The molecule has 2 heterocycles. The van der Waals surface area contributed by atoms with Crippen LogP contribution in [0.5, 0.6) is 0 Å². The van der Waals surface area contributed by atoms with Gasteiger partial charge in [0.15, 0.2) is 0 Å². The van der Waals surface area contributed by atoms with Gasteiger partial charge >= 0.3 is 0 Å². The van der Waals surface area contributed by atoms with Crippen molar-refractivity contribution in [2.45, 2.75) is 38.5 Å². The summed E-state index contributed by atoms with van der Waals surface area (Å²) in [5.74, 6) is 0.890. The van der Waals surface area contributed by atoms with Crippen LogP contribution < -0.4 is 5.73 Å². The molecule has 1 unspecified atom stereocenters. The molecule has 1 aromatic carbocycles. The second kappa shape index (κ2) is 6.40. The van der Waals surface area contributed by atoms with Crippen LogP contribution in [0.3, 0.4) is 0 Å². The van der Waals surface area contributed by atoms with E-state index in [2.05, 4.69) is 27.4 Å². The van der Waals surface area contributed by atoms with Gasteiger partial charge in [0.25, 0.3) is 5.91 Å². The van der Waals surface area contributed by atoms with E-state index in [1.807, 2.05) is 20.0 Å². The highest BCUT2D eigenvalue weighted by atomic mass is 16.5. The normalized spacial score (nSPS) is 16.5. The summed E-state index contributed by atoms with van der Waals surface area (Å²) in [6, 6.07) is 6.23. The summed E-state index contributed by atoms with van der Waals surface area (Å²) in [6.07, 6.45) is 5.38. The highest BCUT2D eigenvalue weighted by Crippen LogP contribution is 2.38. The van der Waals surface area contributed by atoms with E-state index in [-0.39, 0.29) is 5.92 Å². The van der Waals surface area contributed by atoms with Crippen LogP contribution in [0.1, 0.15) is 58.8 Å². The number of nitrogens with two attached hydrogens (primary N) is 1. The lowest BCUT2D eigenvalue weighted by atomic mass is 9.79. The molecule has 7 nitrogen and oxygen atoms in total. The van der Waals surface area contributed by atoms with Crippen LogP contribution in [-0.2, 0) is 19.9 Å². The third-order valence-corrected chi connectivity index (χ3v) is 4.94. The fourth-order valence-electron chi connectivity index (χ4n) is 3.71. The lowest BCUT2D eigenvalue weighted by molar-refractivity contribution is 0.0999. The number of nitrogens with zero attached hydrogens (tertiary/aromatic N) is 4. The molecule has 1 amide bonds. The van der Waals surface area contributed by atoms with Crippen molar-refractivity contribution in [1.82, 2.24) is 19.9 Å². The first-order valence-electron chi connectivity index (χ1n) is 8.86. The molecule has 0 saturated heterocycles. The van der Waals surface area contributed by atoms with E-state index in [1.165, 1.54) is 11.1 Å². The molecule has 0 fully saturated rings. The van der Waals surface area contributed by atoms with Crippen LogP contribution >= 0.6 is 0 Å². The Labute approximate surface area is 151 Å². The van der Waals surface area contributed by atoms with Gasteiger partial charge in [0.1, 0.15) is 0 Å². The second-order valence-corrected chi connectivity index (χ2v) is 6.69. The van der Waals surface area contributed by atoms with Gasteiger partial charge in [-0.05, 0) is 36.5 Å². The van der Waals surface area contributed by atoms with Crippen molar-refractivity contribution in [3.05, 3.63) is 52.7 Å². The Kier molecular flexibility index (Phi) is 4.06. The van der Waals surface area contributed by atoms with E-state index in [4.69, 9.17) is 10.3 Å². The number of amides is 1. The number of primary amides is 1. The zero-order valence-electron chi connectivity index (χ0n) is 14.9. The summed E-state index contributed by atoms with van der Waals surface area (Å²) in [4.78, 5) is 16.2. The summed E-state index contributed by atoms with van der Waals surface area (Å²) < 4.78 is 6.88. The second-order valence-electron chi connectivity index (χ2n) is 6.69. The van der Waals surface area contributed by atoms with Gasteiger partial charge in [-0.2, -0.15) is 10.1 Å². The Hall–Kier alpha value is -2.96. The van der Waals surface area contributed by atoms with Gasteiger partial charge in [-0.3, -0.25) is 9.48 Å². The molecule has 0 saturated carbocycles. The third kappa shape index (κ3) is 2.79. The molecule has 0 aliphatic heterocycles. The average Bonchev–Trinajstić information content (AvgIpc) is 3.27. The number of carbonyl (C=O) groups excluding carboxylic acids is 1. The molecular formula is C19H21N5O2. The van der Waals surface area contributed by atoms with Crippen molar-refractivity contribution in [3.8, 4) is 11.4 Å². The fourth-order valence-corrected chi connectivity index (χ4v) is 3.71. The van der Waals surface area contributed by atoms with Crippen molar-refractivity contribution in [2.24, 2.45) is 12.8 Å². The molecule has 4 rings (SSSR count). The van der Waals surface area contributed by atoms with Gasteiger partial charge in [-0.15, -0.1) is 0 Å². The number of hydrogen-bond acceptors (Lipinski definition) is 5. The topological polar surface area (TPSA) is 99.8 Å². The third-order valence-electron chi connectivity index (χ3n) is 4.94. The van der Waals surface area contributed by atoms with Gasteiger partial charge < -0.3 is 10.3 Å². The smallest absolute Gasteiger partial charge is 0.252 e. The van der Waals surface area contributed by atoms with Crippen LogP contribution in [0.25, 0.3) is 11.4 Å². The van der Waals surface area contributed by atoms with Gasteiger partial charge in [-0.25, -0.2) is 0 Å². The average molecular weight is 351 g/mol. The van der Waals surface area contributed by atoms with Crippen LogP contribution in [0.2, 0.25) is 0 Å². The van der Waals surface area contributed by atoms with Crippen LogP contribution in [-0.4, -0.2) is 25.8 Å². The maximum Gasteiger partial charge on any atom is 0.252 e. The molecule has 0 radical (unpaired) electrons. The van der Waals surface area contributed by atoms with Crippen LogP contribution in [0, 0.1) is 0 Å². The summed E-state index contributed by atoms with van der Waals surface area (Å²) in [5.41, 5.74) is 10.2. The number of aromatic nitrogens is 4. The largest absolute Gasteiger partial charge is 0.365 e. The van der Waals surface area contributed by atoms with Crippen LogP contribution in [0.4, 0.5) is 0 Å². The van der Waals surface area contributed by atoms with Gasteiger partial charge in [-0.1, -0.05) is 24.2 Å². The molecule has 26 heavy (non-hydrogen) atoms. The lowest BCUT2D eigenvalue weighted by Crippen LogP contribution is -2.18. The molecule has 2 N–H and O–H groups in total. The van der Waals surface area contributed by atoms with Crippen molar-refractivity contribution in [3.63, 3.8) is 0 Å². The van der Waals surface area contributed by atoms with Gasteiger partial charge in [0.05, 0.1) is 11.3 Å². The Morgan fingerprint density at radius 3 is 3.00 bits per heavy atom. The maximum absolute atomic E-state index is 11.8. The molecular weight excluding hydrogens is 330 g/mol. The SMILES string of the molecule is CCc1nc(-c2ccc3c(c2)CCCC3c2nn(C)cc2C(N)=O)no1. The monoisotopic (exact) mass is 351 g/mol. The highest BCUT2D eigenvalue weighted by Gasteiger charge is 2.28. The Morgan fingerprint density at radius 1 is 1.42 bits per heavy atom. The van der Waals surface area contributed by atoms with Crippen LogP contribution in [0.15, 0.2) is 28.9 Å². The molecule has 2 aromatic heterocycles. The van der Waals surface area contributed by atoms with E-state index in [9.17, 15) is 4.79 Å². The first kappa shape index (κ1) is 16.5. The number of hydrogen-bond donors (Lipinski definition) is 1. The Balaban J connectivity index is 1.74. The van der Waals surface area contributed by atoms with E-state index in [0.29, 0.717) is 17.3 Å². The van der Waals surface area contributed by atoms with E-state index in [0.717, 1.165) is 36.9 Å². The van der Waals surface area contributed by atoms with Crippen molar-refractivity contribution in [2.75, 3.05) is 0 Å². The molecule has 3 aromatic rings. The van der Waals surface area contributed by atoms with Crippen molar-refractivity contribution in [1.29, 1.82) is 0 Å². The Morgan fingerprint density at radius 2 is 2.27 bits per heavy atom. The summed E-state index contributed by atoms with van der Waals surface area (Å²) >= 11 is 0. The zero-order valence-corrected chi connectivity index (χ0v) is 14.9. The quantitative estimate of drug-likeness (QED) is 0.779. The molecule has 1 aliphatic carbocycles. The molecule has 134 valence electrons. The predicted octanol–water partition coefficient (Wildman–Crippen LogP) is 2.60. The zero-order chi connectivity index (χ0) is 18.3. The van der Waals surface area contributed by atoms with Gasteiger partial charge in [0, 0.05) is 31.1 Å². The fraction of sp³-hybridized carbons (Fsp3) is 0.368. The first-order chi connectivity index (χ1) is 12.6. The number of carbonyl (C=O) groups is 1. The summed E-state index contributed by atoms with van der Waals surface area (Å²) in [6.45, 7) is 1.98. The van der Waals surface area contributed by atoms with Gasteiger partial charge in [0.2, 0.25) is 11.7 Å². The minimum Gasteiger partial charge on any atom is -0.365 e. The molecule has 0 bridgehead atoms. The molecule has 1 atom stereocenters. The standard InChI is InChI=1S/C19H21N5O2/c1-3-16-21-19(23-26-16)12-7-8-13-11(9-12)5-4-6-14(13)17-15(18(20)25)10-24(2)22-17/h7-10,14H,3-6H2,1-2H3,(H2,20,25). The number of aryl methyl sites for hydroxylation is 3. The van der Waals surface area contributed by atoms with Crippen molar-refractivity contribution >= 4 is 5.91 Å². The molecule has 0 spiro atoms. The summed E-state index contributed by atoms with van der Waals surface area (Å²) in [7, 11) is 1.81. The number of benzene rings is 1. The maximum atomic E-state index is 11.8. The Bertz CT molecular complexity index is 972. The number of fused-ring (bicyclic) bond motifs is 1. The van der Waals surface area contributed by atoms with E-state index >= 15 is 0 Å². The number of rotatable bonds is 4. The molecule has 1 aliphatic rings.